The summed E-state index contributed by atoms with van der Waals surface area (Å²) in [4.78, 5) is 25.8. The van der Waals surface area contributed by atoms with Gasteiger partial charge in [0.2, 0.25) is 5.91 Å². The molecule has 0 radical (unpaired) electrons. The molecule has 94 valence electrons. The van der Waals surface area contributed by atoms with E-state index in [4.69, 9.17) is 0 Å². The van der Waals surface area contributed by atoms with Crippen LogP contribution in [-0.4, -0.2) is 33.0 Å². The van der Waals surface area contributed by atoms with Gasteiger partial charge in [-0.2, -0.15) is 0 Å². The largest absolute Gasteiger partial charge is 0.296 e. The lowest BCUT2D eigenvalue weighted by Gasteiger charge is -2.46. The fraction of sp³-hybridized carbons (Fsp3) is 0.667. The van der Waals surface area contributed by atoms with Gasteiger partial charge in [-0.25, -0.2) is 0 Å². The number of halogens is 1. The molecule has 0 spiro atoms. The van der Waals surface area contributed by atoms with E-state index in [1.807, 2.05) is 20.8 Å². The SMILES string of the molecule is CC(C)(C)C(=O)C1=C(CBr)CS[C@H]2CC(=O)N12. The second kappa shape index (κ2) is 4.43. The van der Waals surface area contributed by atoms with Crippen molar-refractivity contribution in [1.82, 2.24) is 4.90 Å². The summed E-state index contributed by atoms with van der Waals surface area (Å²) >= 11 is 5.16. The van der Waals surface area contributed by atoms with Crippen LogP contribution in [0.15, 0.2) is 11.3 Å². The number of allylic oxidation sites excluding steroid dienone is 1. The Morgan fingerprint density at radius 2 is 2.18 bits per heavy atom. The van der Waals surface area contributed by atoms with Gasteiger partial charge in [0.05, 0.1) is 17.5 Å². The van der Waals surface area contributed by atoms with Crippen LogP contribution in [0.4, 0.5) is 0 Å². The Labute approximate surface area is 114 Å². The van der Waals surface area contributed by atoms with Crippen molar-refractivity contribution in [3.05, 3.63) is 11.3 Å². The molecule has 0 aromatic heterocycles. The fourth-order valence-electron chi connectivity index (χ4n) is 1.95. The van der Waals surface area contributed by atoms with Crippen molar-refractivity contribution in [3.8, 4) is 0 Å². The quantitative estimate of drug-likeness (QED) is 0.580. The van der Waals surface area contributed by atoms with Crippen molar-refractivity contribution in [2.45, 2.75) is 32.6 Å². The molecule has 5 heteroatoms. The number of Topliss-reactive ketones (excluding diaryl/α,β-unsaturated/α-hetero) is 1. The van der Waals surface area contributed by atoms with Gasteiger partial charge in [-0.15, -0.1) is 11.8 Å². The molecule has 2 heterocycles. The maximum absolute atomic E-state index is 12.4. The Morgan fingerprint density at radius 3 is 2.65 bits per heavy atom. The number of nitrogens with zero attached hydrogens (tertiary/aromatic N) is 1. The second-order valence-corrected chi connectivity index (χ2v) is 7.13. The summed E-state index contributed by atoms with van der Waals surface area (Å²) < 4.78 is 0. The van der Waals surface area contributed by atoms with Crippen LogP contribution in [0.5, 0.6) is 0 Å². The lowest BCUT2D eigenvalue weighted by atomic mass is 9.86. The van der Waals surface area contributed by atoms with Crippen LogP contribution in [0.3, 0.4) is 0 Å². The Morgan fingerprint density at radius 1 is 1.53 bits per heavy atom. The number of carbonyl (C=O) groups is 2. The van der Waals surface area contributed by atoms with Gasteiger partial charge in [-0.1, -0.05) is 36.7 Å². The molecule has 0 aromatic rings. The summed E-state index contributed by atoms with van der Waals surface area (Å²) in [7, 11) is 0. The van der Waals surface area contributed by atoms with E-state index in [0.717, 1.165) is 11.3 Å². The minimum atomic E-state index is -0.439. The van der Waals surface area contributed by atoms with Gasteiger partial charge in [0, 0.05) is 16.5 Å². The Bertz CT molecular complexity index is 411. The van der Waals surface area contributed by atoms with Gasteiger partial charge in [-0.3, -0.25) is 14.5 Å². The maximum Gasteiger partial charge on any atom is 0.231 e. The van der Waals surface area contributed by atoms with Crippen LogP contribution in [0, 0.1) is 5.41 Å². The molecule has 17 heavy (non-hydrogen) atoms. The standard InChI is InChI=1S/C12H16BrNO2S/c1-12(2,3)11(16)10-7(5-13)6-17-9-4-8(15)14(9)10/h9H,4-6H2,1-3H3/t9-/m0/s1. The van der Waals surface area contributed by atoms with E-state index in [9.17, 15) is 9.59 Å². The summed E-state index contributed by atoms with van der Waals surface area (Å²) in [5, 5.41) is 0.847. The molecule has 1 atom stereocenters. The van der Waals surface area contributed by atoms with Crippen molar-refractivity contribution in [3.63, 3.8) is 0 Å². The summed E-state index contributed by atoms with van der Waals surface area (Å²) in [5.41, 5.74) is 1.25. The first kappa shape index (κ1) is 13.1. The number of amides is 1. The Balaban J connectivity index is 2.40. The summed E-state index contributed by atoms with van der Waals surface area (Å²) in [6, 6.07) is 0. The monoisotopic (exact) mass is 317 g/mol. The molecule has 2 rings (SSSR count). The van der Waals surface area contributed by atoms with Crippen molar-refractivity contribution < 1.29 is 9.59 Å². The molecule has 1 fully saturated rings. The first-order valence-electron chi connectivity index (χ1n) is 5.62. The molecule has 2 aliphatic rings. The molecule has 0 N–H and O–H groups in total. The number of β-lactam (4-membered cyclic amide) rings is 1. The third-order valence-electron chi connectivity index (χ3n) is 2.99. The number of hydrogen-bond donors (Lipinski definition) is 0. The van der Waals surface area contributed by atoms with Crippen LogP contribution in [0.25, 0.3) is 0 Å². The minimum absolute atomic E-state index is 0.0744. The molecule has 2 aliphatic heterocycles. The van der Waals surface area contributed by atoms with E-state index in [1.165, 1.54) is 0 Å². The molecule has 0 aliphatic carbocycles. The Kier molecular flexibility index (Phi) is 3.42. The van der Waals surface area contributed by atoms with E-state index in [1.54, 1.807) is 16.7 Å². The number of hydrogen-bond acceptors (Lipinski definition) is 3. The molecule has 1 amide bonds. The highest BCUT2D eigenvalue weighted by Crippen LogP contribution is 2.42. The Hall–Kier alpha value is -0.290. The van der Waals surface area contributed by atoms with E-state index in [2.05, 4.69) is 15.9 Å². The lowest BCUT2D eigenvalue weighted by Crippen LogP contribution is -2.55. The van der Waals surface area contributed by atoms with Crippen molar-refractivity contribution in [1.29, 1.82) is 0 Å². The number of rotatable bonds is 2. The average Bonchev–Trinajstić information content (AvgIpc) is 2.24. The van der Waals surface area contributed by atoms with Crippen LogP contribution in [0.1, 0.15) is 27.2 Å². The number of fused-ring (bicyclic) bond motifs is 1. The van der Waals surface area contributed by atoms with Gasteiger partial charge < -0.3 is 0 Å². The summed E-state index contributed by atoms with van der Waals surface area (Å²) in [6.07, 6.45) is 0.571. The highest BCUT2D eigenvalue weighted by atomic mass is 79.9. The molecule has 0 aromatic carbocycles. The zero-order valence-electron chi connectivity index (χ0n) is 10.2. The first-order chi connectivity index (χ1) is 7.86. The molecule has 0 saturated carbocycles. The summed E-state index contributed by atoms with van der Waals surface area (Å²) in [5.74, 6) is 0.996. The minimum Gasteiger partial charge on any atom is -0.296 e. The number of carbonyl (C=O) groups excluding carboxylic acids is 2. The normalized spacial score (nSPS) is 24.6. The number of alkyl halides is 1. The zero-order chi connectivity index (χ0) is 12.8. The van der Waals surface area contributed by atoms with Crippen LogP contribution in [0.2, 0.25) is 0 Å². The van der Waals surface area contributed by atoms with E-state index < -0.39 is 5.41 Å². The van der Waals surface area contributed by atoms with Gasteiger partial charge in [-0.05, 0) is 5.57 Å². The molecule has 1 saturated heterocycles. The molecular weight excluding hydrogens is 302 g/mol. The van der Waals surface area contributed by atoms with Gasteiger partial charge in [0.15, 0.2) is 5.78 Å². The predicted octanol–water partition coefficient (Wildman–Crippen LogP) is 2.56. The summed E-state index contributed by atoms with van der Waals surface area (Å²) in [6.45, 7) is 5.69. The first-order valence-corrected chi connectivity index (χ1v) is 7.79. The third-order valence-corrected chi connectivity index (χ3v) is 4.94. The van der Waals surface area contributed by atoms with Gasteiger partial charge in [0.25, 0.3) is 0 Å². The third kappa shape index (κ3) is 2.19. The van der Waals surface area contributed by atoms with Crippen LogP contribution < -0.4 is 0 Å². The second-order valence-electron chi connectivity index (χ2n) is 5.40. The molecule has 3 nitrogen and oxygen atoms in total. The van der Waals surface area contributed by atoms with E-state index in [0.29, 0.717) is 17.4 Å². The van der Waals surface area contributed by atoms with Crippen molar-refractivity contribution in [2.75, 3.05) is 11.1 Å². The average molecular weight is 318 g/mol. The van der Waals surface area contributed by atoms with Gasteiger partial charge in [0.1, 0.15) is 0 Å². The van der Waals surface area contributed by atoms with Crippen molar-refractivity contribution in [2.24, 2.45) is 5.41 Å². The van der Waals surface area contributed by atoms with E-state index in [-0.39, 0.29) is 17.1 Å². The smallest absolute Gasteiger partial charge is 0.231 e. The lowest BCUT2D eigenvalue weighted by molar-refractivity contribution is -0.142. The van der Waals surface area contributed by atoms with E-state index >= 15 is 0 Å². The molecular formula is C12H16BrNO2S. The highest BCUT2D eigenvalue weighted by molar-refractivity contribution is 9.09. The molecule has 0 unspecified atom stereocenters. The van der Waals surface area contributed by atoms with Crippen LogP contribution in [-0.2, 0) is 9.59 Å². The number of ketones is 1. The fourth-order valence-corrected chi connectivity index (χ4v) is 3.94. The highest BCUT2D eigenvalue weighted by Gasteiger charge is 2.46. The van der Waals surface area contributed by atoms with Crippen LogP contribution >= 0.6 is 27.7 Å². The van der Waals surface area contributed by atoms with Crippen molar-refractivity contribution >= 4 is 39.4 Å². The van der Waals surface area contributed by atoms with Gasteiger partial charge >= 0.3 is 0 Å². The number of thioether (sulfide) groups is 1. The maximum atomic E-state index is 12.4. The predicted molar refractivity (Wildman–Crippen MR) is 73.0 cm³/mol. The molecule has 0 bridgehead atoms. The topological polar surface area (TPSA) is 37.4 Å². The zero-order valence-corrected chi connectivity index (χ0v) is 12.7.